The summed E-state index contributed by atoms with van der Waals surface area (Å²) < 4.78 is 0. The van der Waals surface area contributed by atoms with Crippen LogP contribution in [0.3, 0.4) is 0 Å². The topological polar surface area (TPSA) is 96.6 Å². The first-order valence-electron chi connectivity index (χ1n) is 5.44. The Morgan fingerprint density at radius 3 is 2.29 bits per heavy atom. The van der Waals surface area contributed by atoms with Crippen LogP contribution in [-0.2, 0) is 4.79 Å². The summed E-state index contributed by atoms with van der Waals surface area (Å²) in [6.07, 6.45) is 1.36. The molecule has 0 heterocycles. The van der Waals surface area contributed by atoms with Crippen LogP contribution in [0.1, 0.15) is 13.8 Å². The molecule has 96 valence electrons. The predicted octanol–water partition coefficient (Wildman–Crippen LogP) is -0.795. The average Bonchev–Trinajstić information content (AvgIpc) is 2.29. The number of nitriles is 1. The summed E-state index contributed by atoms with van der Waals surface area (Å²) in [6.45, 7) is 3.55. The fourth-order valence-corrected chi connectivity index (χ4v) is 1.12. The van der Waals surface area contributed by atoms with E-state index < -0.39 is 5.91 Å². The van der Waals surface area contributed by atoms with E-state index in [4.69, 9.17) is 15.5 Å². The molecule has 0 unspecified atom stereocenters. The average molecular weight is 241 g/mol. The highest BCUT2D eigenvalue weighted by molar-refractivity contribution is 5.97. The lowest BCUT2D eigenvalue weighted by Gasteiger charge is -2.20. The molecule has 0 fully saturated rings. The van der Waals surface area contributed by atoms with Crippen molar-refractivity contribution in [3.05, 3.63) is 11.8 Å². The molecule has 3 N–H and O–H groups in total. The molecular weight excluding hydrogens is 222 g/mol. The van der Waals surface area contributed by atoms with E-state index in [1.807, 2.05) is 13.8 Å². The van der Waals surface area contributed by atoms with Gasteiger partial charge >= 0.3 is 0 Å². The van der Waals surface area contributed by atoms with Crippen LogP contribution in [0.15, 0.2) is 11.8 Å². The number of amides is 1. The molecule has 0 bridgehead atoms. The van der Waals surface area contributed by atoms with Crippen molar-refractivity contribution in [2.75, 3.05) is 26.3 Å². The minimum atomic E-state index is -0.497. The summed E-state index contributed by atoms with van der Waals surface area (Å²) >= 11 is 0. The van der Waals surface area contributed by atoms with Crippen LogP contribution in [-0.4, -0.2) is 53.4 Å². The van der Waals surface area contributed by atoms with Crippen molar-refractivity contribution in [1.82, 2.24) is 10.2 Å². The molecule has 0 aromatic rings. The second kappa shape index (κ2) is 8.56. The standard InChI is InChI=1S/C11H19N3O3/c1-9(2)13-8-10(7-12)11(17)14(3-5-15)4-6-16/h8-9,13,15-16H,3-6H2,1-2H3/b10-8-. The third-order valence-electron chi connectivity index (χ3n) is 1.94. The fraction of sp³-hybridized carbons (Fsp3) is 0.636. The summed E-state index contributed by atoms with van der Waals surface area (Å²) in [4.78, 5) is 13.1. The number of carbonyl (C=O) groups excluding carboxylic acids is 1. The van der Waals surface area contributed by atoms with Gasteiger partial charge in [0.25, 0.3) is 5.91 Å². The molecule has 6 nitrogen and oxygen atoms in total. The van der Waals surface area contributed by atoms with Gasteiger partial charge in [-0.25, -0.2) is 0 Å². The van der Waals surface area contributed by atoms with Gasteiger partial charge in [-0.05, 0) is 13.8 Å². The molecular formula is C11H19N3O3. The van der Waals surface area contributed by atoms with E-state index in [1.165, 1.54) is 11.1 Å². The van der Waals surface area contributed by atoms with Crippen molar-refractivity contribution in [1.29, 1.82) is 5.26 Å². The van der Waals surface area contributed by atoms with Crippen LogP contribution in [0.2, 0.25) is 0 Å². The Labute approximate surface area is 101 Å². The van der Waals surface area contributed by atoms with Crippen LogP contribution >= 0.6 is 0 Å². The van der Waals surface area contributed by atoms with E-state index in [-0.39, 0.29) is 37.9 Å². The SMILES string of the molecule is CC(C)N/C=C(/C#N)C(=O)N(CCO)CCO. The Bertz CT molecular complexity index is 302. The van der Waals surface area contributed by atoms with E-state index in [0.29, 0.717) is 0 Å². The van der Waals surface area contributed by atoms with Gasteiger partial charge in [0.2, 0.25) is 0 Å². The number of rotatable bonds is 7. The highest BCUT2D eigenvalue weighted by Crippen LogP contribution is 2.00. The molecule has 6 heteroatoms. The third-order valence-corrected chi connectivity index (χ3v) is 1.94. The van der Waals surface area contributed by atoms with E-state index in [9.17, 15) is 4.79 Å². The maximum Gasteiger partial charge on any atom is 0.266 e. The highest BCUT2D eigenvalue weighted by atomic mass is 16.3. The minimum absolute atomic E-state index is 0.0411. The van der Waals surface area contributed by atoms with E-state index >= 15 is 0 Å². The lowest BCUT2D eigenvalue weighted by Crippen LogP contribution is -2.37. The fourth-order valence-electron chi connectivity index (χ4n) is 1.12. The van der Waals surface area contributed by atoms with Gasteiger partial charge in [0.15, 0.2) is 0 Å². The van der Waals surface area contributed by atoms with Crippen LogP contribution < -0.4 is 5.32 Å². The predicted molar refractivity (Wildman–Crippen MR) is 62.7 cm³/mol. The summed E-state index contributed by atoms with van der Waals surface area (Å²) in [5, 5.41) is 29.3. The van der Waals surface area contributed by atoms with Gasteiger partial charge in [-0.1, -0.05) is 0 Å². The summed E-state index contributed by atoms with van der Waals surface area (Å²) in [6, 6.07) is 1.92. The van der Waals surface area contributed by atoms with Crippen molar-refractivity contribution >= 4 is 5.91 Å². The highest BCUT2D eigenvalue weighted by Gasteiger charge is 2.17. The molecule has 0 aliphatic carbocycles. The molecule has 0 aromatic heterocycles. The van der Waals surface area contributed by atoms with Gasteiger partial charge in [-0.3, -0.25) is 4.79 Å². The quantitative estimate of drug-likeness (QED) is 0.401. The minimum Gasteiger partial charge on any atom is -0.395 e. The Balaban J connectivity index is 4.70. The molecule has 0 atom stereocenters. The molecule has 0 aliphatic heterocycles. The smallest absolute Gasteiger partial charge is 0.266 e. The molecule has 0 saturated heterocycles. The van der Waals surface area contributed by atoms with E-state index in [0.717, 1.165) is 0 Å². The van der Waals surface area contributed by atoms with Gasteiger partial charge in [0, 0.05) is 25.3 Å². The normalized spacial score (nSPS) is 11.2. The Kier molecular flexibility index (Phi) is 7.76. The largest absolute Gasteiger partial charge is 0.395 e. The zero-order valence-electron chi connectivity index (χ0n) is 10.2. The zero-order chi connectivity index (χ0) is 13.3. The number of hydrogen-bond donors (Lipinski definition) is 3. The lowest BCUT2D eigenvalue weighted by molar-refractivity contribution is -0.127. The molecule has 1 amide bonds. The van der Waals surface area contributed by atoms with Crippen molar-refractivity contribution in [2.45, 2.75) is 19.9 Å². The number of carbonyl (C=O) groups is 1. The van der Waals surface area contributed by atoms with Crippen molar-refractivity contribution < 1.29 is 15.0 Å². The summed E-state index contributed by atoms with van der Waals surface area (Å²) in [5.74, 6) is -0.497. The van der Waals surface area contributed by atoms with Crippen molar-refractivity contribution in [3.63, 3.8) is 0 Å². The summed E-state index contributed by atoms with van der Waals surface area (Å²) in [5.41, 5.74) is -0.0411. The Morgan fingerprint density at radius 2 is 1.94 bits per heavy atom. The van der Waals surface area contributed by atoms with Crippen LogP contribution in [0, 0.1) is 11.3 Å². The monoisotopic (exact) mass is 241 g/mol. The molecule has 0 radical (unpaired) electrons. The number of aliphatic hydroxyl groups excluding tert-OH is 2. The maximum absolute atomic E-state index is 11.8. The number of nitrogens with one attached hydrogen (secondary N) is 1. The summed E-state index contributed by atoms with van der Waals surface area (Å²) in [7, 11) is 0. The van der Waals surface area contributed by atoms with Gasteiger partial charge in [0.05, 0.1) is 13.2 Å². The first-order valence-corrected chi connectivity index (χ1v) is 5.44. The second-order valence-electron chi connectivity index (χ2n) is 3.73. The first-order chi connectivity index (χ1) is 8.06. The van der Waals surface area contributed by atoms with E-state index in [2.05, 4.69) is 5.32 Å². The Hall–Kier alpha value is -1.58. The number of nitrogens with zero attached hydrogens (tertiary/aromatic N) is 2. The Morgan fingerprint density at radius 1 is 1.41 bits per heavy atom. The number of aliphatic hydroxyl groups is 2. The van der Waals surface area contributed by atoms with Crippen LogP contribution in [0.25, 0.3) is 0 Å². The molecule has 17 heavy (non-hydrogen) atoms. The van der Waals surface area contributed by atoms with Crippen molar-refractivity contribution in [2.24, 2.45) is 0 Å². The van der Waals surface area contributed by atoms with Gasteiger partial charge in [-0.15, -0.1) is 0 Å². The van der Waals surface area contributed by atoms with Crippen molar-refractivity contribution in [3.8, 4) is 6.07 Å². The van der Waals surface area contributed by atoms with Crippen LogP contribution in [0.4, 0.5) is 0 Å². The van der Waals surface area contributed by atoms with E-state index in [1.54, 1.807) is 6.07 Å². The first kappa shape index (κ1) is 15.4. The third kappa shape index (κ3) is 5.90. The molecule has 0 spiro atoms. The second-order valence-corrected chi connectivity index (χ2v) is 3.73. The zero-order valence-corrected chi connectivity index (χ0v) is 10.2. The number of hydrogen-bond acceptors (Lipinski definition) is 5. The van der Waals surface area contributed by atoms with Crippen LogP contribution in [0.5, 0.6) is 0 Å². The van der Waals surface area contributed by atoms with Gasteiger partial charge in [-0.2, -0.15) is 5.26 Å². The molecule has 0 aliphatic rings. The van der Waals surface area contributed by atoms with Gasteiger partial charge in [0.1, 0.15) is 11.6 Å². The maximum atomic E-state index is 11.8. The molecule has 0 aromatic carbocycles. The molecule has 0 rings (SSSR count). The lowest BCUT2D eigenvalue weighted by atomic mass is 10.2. The molecule has 0 saturated carbocycles. The van der Waals surface area contributed by atoms with Gasteiger partial charge < -0.3 is 20.4 Å².